The Kier molecular flexibility index (Phi) is 3.60. The molecule has 1 amide bonds. The molecule has 4 nitrogen and oxygen atoms in total. The fraction of sp³-hybridized carbons (Fsp3) is 0.353. The summed E-state index contributed by atoms with van der Waals surface area (Å²) in [4.78, 5) is 14.4. The first-order valence-corrected chi connectivity index (χ1v) is 8.49. The SMILES string of the molecule is O=C(N[C@H]1CCCNC1)c1cc2c(s1)-c1ccccc1OC2. The largest absolute Gasteiger partial charge is 0.488 e. The highest BCUT2D eigenvalue weighted by atomic mass is 32.1. The molecule has 1 atom stereocenters. The molecule has 2 aliphatic heterocycles. The lowest BCUT2D eigenvalue weighted by atomic mass is 10.1. The van der Waals surface area contributed by atoms with Crippen LogP contribution in [0.25, 0.3) is 10.4 Å². The maximum absolute atomic E-state index is 12.5. The smallest absolute Gasteiger partial charge is 0.261 e. The van der Waals surface area contributed by atoms with Gasteiger partial charge < -0.3 is 15.4 Å². The summed E-state index contributed by atoms with van der Waals surface area (Å²) in [6.07, 6.45) is 2.17. The molecule has 3 heterocycles. The summed E-state index contributed by atoms with van der Waals surface area (Å²) in [6.45, 7) is 2.46. The van der Waals surface area contributed by atoms with Gasteiger partial charge in [-0.1, -0.05) is 12.1 Å². The number of piperidine rings is 1. The van der Waals surface area contributed by atoms with Crippen LogP contribution in [0.2, 0.25) is 0 Å². The van der Waals surface area contributed by atoms with Gasteiger partial charge in [-0.25, -0.2) is 0 Å². The highest BCUT2D eigenvalue weighted by Crippen LogP contribution is 2.42. The van der Waals surface area contributed by atoms with E-state index in [0.29, 0.717) is 6.61 Å². The number of fused-ring (bicyclic) bond motifs is 3. The van der Waals surface area contributed by atoms with Gasteiger partial charge in [-0.3, -0.25) is 4.79 Å². The molecule has 1 aromatic carbocycles. The lowest BCUT2D eigenvalue weighted by Gasteiger charge is -2.23. The molecule has 0 aliphatic carbocycles. The summed E-state index contributed by atoms with van der Waals surface area (Å²) in [5.74, 6) is 0.936. The van der Waals surface area contributed by atoms with Crippen LogP contribution in [-0.4, -0.2) is 25.0 Å². The molecule has 1 saturated heterocycles. The second-order valence-electron chi connectivity index (χ2n) is 5.77. The van der Waals surface area contributed by atoms with Crippen molar-refractivity contribution in [3.63, 3.8) is 0 Å². The summed E-state index contributed by atoms with van der Waals surface area (Å²) in [6, 6.07) is 10.2. The molecular formula is C17H18N2O2S. The zero-order chi connectivity index (χ0) is 14.9. The summed E-state index contributed by atoms with van der Waals surface area (Å²) >= 11 is 1.56. The van der Waals surface area contributed by atoms with E-state index in [1.807, 2.05) is 24.3 Å². The van der Waals surface area contributed by atoms with E-state index in [2.05, 4.69) is 16.7 Å². The average Bonchev–Trinajstić information content (AvgIpc) is 3.00. The minimum Gasteiger partial charge on any atom is -0.488 e. The normalized spacial score (nSPS) is 19.7. The summed E-state index contributed by atoms with van der Waals surface area (Å²) in [5.41, 5.74) is 2.20. The number of carbonyl (C=O) groups is 1. The monoisotopic (exact) mass is 314 g/mol. The van der Waals surface area contributed by atoms with Crippen molar-refractivity contribution >= 4 is 17.2 Å². The molecule has 2 aliphatic rings. The minimum absolute atomic E-state index is 0.0329. The molecule has 2 N–H and O–H groups in total. The lowest BCUT2D eigenvalue weighted by molar-refractivity contribution is 0.0934. The maximum atomic E-state index is 12.5. The number of amides is 1. The van der Waals surface area contributed by atoms with E-state index in [9.17, 15) is 4.79 Å². The van der Waals surface area contributed by atoms with Crippen molar-refractivity contribution in [3.8, 4) is 16.2 Å². The van der Waals surface area contributed by atoms with E-state index in [4.69, 9.17) is 4.74 Å². The topological polar surface area (TPSA) is 50.4 Å². The molecule has 0 unspecified atom stereocenters. The Morgan fingerprint density at radius 2 is 2.27 bits per heavy atom. The second kappa shape index (κ2) is 5.74. The standard InChI is InChI=1S/C17H18N2O2S/c20-17(19-12-4-3-7-18-9-12)15-8-11-10-21-14-6-2-1-5-13(14)16(11)22-15/h1-2,5-6,8,12,18H,3-4,7,9-10H2,(H,19,20)/t12-/m0/s1. The van der Waals surface area contributed by atoms with Crippen LogP contribution in [0.5, 0.6) is 5.75 Å². The number of thiophene rings is 1. The Morgan fingerprint density at radius 1 is 1.36 bits per heavy atom. The number of carbonyl (C=O) groups excluding carboxylic acids is 1. The van der Waals surface area contributed by atoms with E-state index in [1.54, 1.807) is 11.3 Å². The fourth-order valence-electron chi connectivity index (χ4n) is 3.04. The lowest BCUT2D eigenvalue weighted by Crippen LogP contribution is -2.45. The van der Waals surface area contributed by atoms with Gasteiger partial charge in [0.05, 0.1) is 4.88 Å². The minimum atomic E-state index is 0.0329. The van der Waals surface area contributed by atoms with Gasteiger partial charge >= 0.3 is 0 Å². The number of hydrogen-bond acceptors (Lipinski definition) is 4. The van der Waals surface area contributed by atoms with Crippen LogP contribution in [0.1, 0.15) is 28.1 Å². The van der Waals surface area contributed by atoms with Gasteiger partial charge in [0.2, 0.25) is 0 Å². The molecule has 0 spiro atoms. The molecule has 1 aromatic heterocycles. The van der Waals surface area contributed by atoms with Crippen LogP contribution >= 0.6 is 11.3 Å². The highest BCUT2D eigenvalue weighted by Gasteiger charge is 2.23. The van der Waals surface area contributed by atoms with E-state index >= 15 is 0 Å². The van der Waals surface area contributed by atoms with Gasteiger partial charge in [0.15, 0.2) is 0 Å². The van der Waals surface area contributed by atoms with Gasteiger partial charge in [0.25, 0.3) is 5.91 Å². The third-order valence-electron chi connectivity index (χ3n) is 4.18. The Bertz CT molecular complexity index is 704. The third-order valence-corrected chi connectivity index (χ3v) is 5.39. The zero-order valence-electron chi connectivity index (χ0n) is 12.2. The molecule has 4 rings (SSSR count). The van der Waals surface area contributed by atoms with Gasteiger partial charge in [-0.2, -0.15) is 0 Å². The van der Waals surface area contributed by atoms with Crippen LogP contribution in [0.4, 0.5) is 0 Å². The van der Waals surface area contributed by atoms with Crippen LogP contribution < -0.4 is 15.4 Å². The molecule has 2 aromatic rings. The van der Waals surface area contributed by atoms with E-state index in [0.717, 1.165) is 52.6 Å². The van der Waals surface area contributed by atoms with Crippen molar-refractivity contribution in [2.24, 2.45) is 0 Å². The first-order chi connectivity index (χ1) is 10.8. The average molecular weight is 314 g/mol. The van der Waals surface area contributed by atoms with Crippen molar-refractivity contribution in [2.75, 3.05) is 13.1 Å². The van der Waals surface area contributed by atoms with Crippen LogP contribution in [0.15, 0.2) is 30.3 Å². The molecule has 0 radical (unpaired) electrons. The Morgan fingerprint density at radius 3 is 3.14 bits per heavy atom. The molecule has 5 heteroatoms. The van der Waals surface area contributed by atoms with E-state index in [1.165, 1.54) is 0 Å². The number of nitrogens with one attached hydrogen (secondary N) is 2. The van der Waals surface area contributed by atoms with Crippen LogP contribution in [0, 0.1) is 0 Å². The van der Waals surface area contributed by atoms with Crippen LogP contribution in [0.3, 0.4) is 0 Å². The molecule has 22 heavy (non-hydrogen) atoms. The van der Waals surface area contributed by atoms with Crippen molar-refractivity contribution in [1.82, 2.24) is 10.6 Å². The number of hydrogen-bond donors (Lipinski definition) is 2. The summed E-state index contributed by atoms with van der Waals surface area (Å²) in [7, 11) is 0. The van der Waals surface area contributed by atoms with E-state index in [-0.39, 0.29) is 11.9 Å². The number of rotatable bonds is 2. The van der Waals surface area contributed by atoms with Crippen molar-refractivity contribution in [3.05, 3.63) is 40.8 Å². The first-order valence-electron chi connectivity index (χ1n) is 7.68. The molecule has 114 valence electrons. The summed E-state index contributed by atoms with van der Waals surface area (Å²) < 4.78 is 5.76. The van der Waals surface area contributed by atoms with Gasteiger partial charge in [0.1, 0.15) is 12.4 Å². The maximum Gasteiger partial charge on any atom is 0.261 e. The Labute approximate surface area is 133 Å². The molecule has 0 saturated carbocycles. The number of para-hydroxylation sites is 1. The first kappa shape index (κ1) is 13.8. The van der Waals surface area contributed by atoms with Crippen molar-refractivity contribution < 1.29 is 9.53 Å². The summed E-state index contributed by atoms with van der Waals surface area (Å²) in [5, 5.41) is 6.46. The Hall–Kier alpha value is -1.85. The predicted molar refractivity (Wildman–Crippen MR) is 87.4 cm³/mol. The predicted octanol–water partition coefficient (Wildman–Crippen LogP) is 2.79. The van der Waals surface area contributed by atoms with Crippen molar-refractivity contribution in [2.45, 2.75) is 25.5 Å². The van der Waals surface area contributed by atoms with E-state index < -0.39 is 0 Å². The van der Waals surface area contributed by atoms with Gasteiger partial charge in [0, 0.05) is 28.6 Å². The zero-order valence-corrected chi connectivity index (χ0v) is 13.0. The molecule has 1 fully saturated rings. The van der Waals surface area contributed by atoms with Gasteiger partial charge in [-0.15, -0.1) is 11.3 Å². The van der Waals surface area contributed by atoms with Gasteiger partial charge in [-0.05, 0) is 37.6 Å². The fourth-order valence-corrected chi connectivity index (χ4v) is 4.14. The quantitative estimate of drug-likeness (QED) is 0.896. The number of ether oxygens (including phenoxy) is 1. The second-order valence-corrected chi connectivity index (χ2v) is 6.82. The number of benzene rings is 1. The van der Waals surface area contributed by atoms with Crippen LogP contribution in [-0.2, 0) is 6.61 Å². The molecular weight excluding hydrogens is 296 g/mol. The molecule has 0 bridgehead atoms. The van der Waals surface area contributed by atoms with Crippen molar-refractivity contribution in [1.29, 1.82) is 0 Å². The Balaban J connectivity index is 1.57. The third kappa shape index (κ3) is 2.51. The highest BCUT2D eigenvalue weighted by molar-refractivity contribution is 7.17.